The summed E-state index contributed by atoms with van der Waals surface area (Å²) in [7, 11) is 0. The SMILES string of the molecule is Cc1cc(O)c2c(c1)Oc1c(O)cc(O)c(Oc3cc(O)cc(O)c3)c1O2. The Labute approximate surface area is 152 Å². The molecule has 0 amide bonds. The van der Waals surface area contributed by atoms with E-state index in [4.69, 9.17) is 14.2 Å². The fourth-order valence-electron chi connectivity index (χ4n) is 2.74. The van der Waals surface area contributed by atoms with Crippen LogP contribution in [0.15, 0.2) is 36.4 Å². The van der Waals surface area contributed by atoms with Crippen LogP contribution in [-0.2, 0) is 0 Å². The fourth-order valence-corrected chi connectivity index (χ4v) is 2.74. The highest BCUT2D eigenvalue weighted by Crippen LogP contribution is 2.59. The van der Waals surface area contributed by atoms with Crippen LogP contribution >= 0.6 is 0 Å². The molecule has 8 heteroatoms. The third-order valence-corrected chi connectivity index (χ3v) is 3.84. The molecule has 1 aliphatic rings. The Morgan fingerprint density at radius 1 is 0.667 bits per heavy atom. The average molecular weight is 370 g/mol. The van der Waals surface area contributed by atoms with Crippen LogP contribution in [0.5, 0.6) is 63.2 Å². The predicted octanol–water partition coefficient (Wildman–Crippen LogP) is 4.21. The van der Waals surface area contributed by atoms with E-state index in [2.05, 4.69) is 0 Å². The summed E-state index contributed by atoms with van der Waals surface area (Å²) in [6.45, 7) is 1.75. The van der Waals surface area contributed by atoms with Crippen molar-refractivity contribution in [2.75, 3.05) is 0 Å². The predicted molar refractivity (Wildman–Crippen MR) is 92.6 cm³/mol. The van der Waals surface area contributed by atoms with Crippen LogP contribution in [-0.4, -0.2) is 25.5 Å². The number of fused-ring (bicyclic) bond motifs is 2. The third kappa shape index (κ3) is 2.82. The number of ether oxygens (including phenoxy) is 3. The van der Waals surface area contributed by atoms with Crippen LogP contribution < -0.4 is 14.2 Å². The van der Waals surface area contributed by atoms with E-state index in [1.165, 1.54) is 18.2 Å². The molecule has 0 saturated heterocycles. The Morgan fingerprint density at radius 2 is 1.33 bits per heavy atom. The van der Waals surface area contributed by atoms with Gasteiger partial charge in [0.1, 0.15) is 17.2 Å². The lowest BCUT2D eigenvalue weighted by Gasteiger charge is -2.24. The van der Waals surface area contributed by atoms with E-state index < -0.39 is 11.5 Å². The summed E-state index contributed by atoms with van der Waals surface area (Å²) < 4.78 is 16.8. The minimum absolute atomic E-state index is 0.00165. The van der Waals surface area contributed by atoms with Gasteiger partial charge in [-0.3, -0.25) is 0 Å². The van der Waals surface area contributed by atoms with Gasteiger partial charge in [-0.25, -0.2) is 0 Å². The van der Waals surface area contributed by atoms with E-state index in [-0.39, 0.29) is 51.7 Å². The van der Waals surface area contributed by atoms with E-state index in [1.807, 2.05) is 0 Å². The molecular formula is C19H14O8. The molecule has 0 saturated carbocycles. The first-order valence-corrected chi connectivity index (χ1v) is 7.81. The quantitative estimate of drug-likeness (QED) is 0.355. The second-order valence-corrected chi connectivity index (χ2v) is 6.00. The third-order valence-electron chi connectivity index (χ3n) is 3.84. The summed E-state index contributed by atoms with van der Waals surface area (Å²) in [5, 5.41) is 49.6. The molecule has 1 aliphatic heterocycles. The van der Waals surface area contributed by atoms with Crippen molar-refractivity contribution in [1.82, 2.24) is 0 Å². The van der Waals surface area contributed by atoms with Gasteiger partial charge in [-0.1, -0.05) is 0 Å². The van der Waals surface area contributed by atoms with Crippen molar-refractivity contribution in [1.29, 1.82) is 0 Å². The van der Waals surface area contributed by atoms with Gasteiger partial charge in [0.05, 0.1) is 0 Å². The molecule has 0 atom stereocenters. The van der Waals surface area contributed by atoms with Crippen molar-refractivity contribution in [2.45, 2.75) is 6.92 Å². The van der Waals surface area contributed by atoms with E-state index >= 15 is 0 Å². The van der Waals surface area contributed by atoms with Gasteiger partial charge in [0.2, 0.25) is 23.0 Å². The zero-order chi connectivity index (χ0) is 19.3. The van der Waals surface area contributed by atoms with E-state index in [0.29, 0.717) is 5.56 Å². The van der Waals surface area contributed by atoms with Crippen molar-refractivity contribution in [3.8, 4) is 63.2 Å². The van der Waals surface area contributed by atoms with Crippen LogP contribution in [0.1, 0.15) is 5.56 Å². The van der Waals surface area contributed by atoms with Gasteiger partial charge in [0.15, 0.2) is 23.0 Å². The van der Waals surface area contributed by atoms with Crippen molar-refractivity contribution < 1.29 is 39.7 Å². The molecule has 1 heterocycles. The minimum atomic E-state index is -0.479. The highest BCUT2D eigenvalue weighted by molar-refractivity contribution is 5.71. The van der Waals surface area contributed by atoms with E-state index in [9.17, 15) is 25.5 Å². The first-order valence-electron chi connectivity index (χ1n) is 7.81. The van der Waals surface area contributed by atoms with Gasteiger partial charge in [-0.15, -0.1) is 0 Å². The molecule has 0 fully saturated rings. The first-order chi connectivity index (χ1) is 12.8. The lowest BCUT2D eigenvalue weighted by atomic mass is 10.1. The molecule has 0 aromatic heterocycles. The monoisotopic (exact) mass is 370 g/mol. The molecule has 27 heavy (non-hydrogen) atoms. The molecule has 0 unspecified atom stereocenters. The van der Waals surface area contributed by atoms with Crippen LogP contribution in [0.2, 0.25) is 0 Å². The Morgan fingerprint density at radius 3 is 2.04 bits per heavy atom. The maximum Gasteiger partial charge on any atom is 0.220 e. The van der Waals surface area contributed by atoms with E-state index in [0.717, 1.165) is 12.1 Å². The molecule has 3 aromatic rings. The molecular weight excluding hydrogens is 356 g/mol. The van der Waals surface area contributed by atoms with Crippen LogP contribution in [0, 0.1) is 6.92 Å². The maximum absolute atomic E-state index is 10.2. The lowest BCUT2D eigenvalue weighted by Crippen LogP contribution is -2.02. The second-order valence-electron chi connectivity index (χ2n) is 6.00. The van der Waals surface area contributed by atoms with Gasteiger partial charge >= 0.3 is 0 Å². The fraction of sp³-hybridized carbons (Fsp3) is 0.0526. The van der Waals surface area contributed by atoms with Crippen LogP contribution in [0.3, 0.4) is 0 Å². The van der Waals surface area contributed by atoms with Gasteiger partial charge in [-0.05, 0) is 24.6 Å². The number of hydrogen-bond acceptors (Lipinski definition) is 8. The molecule has 0 aliphatic carbocycles. The number of phenolic OH excluding ortho intramolecular Hbond substituents is 5. The van der Waals surface area contributed by atoms with Crippen LogP contribution in [0.4, 0.5) is 0 Å². The summed E-state index contributed by atoms with van der Waals surface area (Å²) in [5.74, 6) is -1.96. The Balaban J connectivity index is 1.84. The largest absolute Gasteiger partial charge is 0.508 e. The van der Waals surface area contributed by atoms with Gasteiger partial charge in [0, 0.05) is 24.3 Å². The first kappa shape index (κ1) is 16.5. The Bertz CT molecular complexity index is 1050. The zero-order valence-corrected chi connectivity index (χ0v) is 13.9. The van der Waals surface area contributed by atoms with Crippen LogP contribution in [0.25, 0.3) is 0 Å². The number of hydrogen-bond donors (Lipinski definition) is 5. The molecule has 138 valence electrons. The number of phenols is 5. The second kappa shape index (κ2) is 5.80. The topological polar surface area (TPSA) is 129 Å². The minimum Gasteiger partial charge on any atom is -0.508 e. The summed E-state index contributed by atoms with van der Waals surface area (Å²) in [6.07, 6.45) is 0. The molecule has 0 bridgehead atoms. The summed E-state index contributed by atoms with van der Waals surface area (Å²) >= 11 is 0. The van der Waals surface area contributed by atoms with Crippen molar-refractivity contribution in [3.05, 3.63) is 42.0 Å². The molecule has 8 nitrogen and oxygen atoms in total. The number of aromatic hydroxyl groups is 5. The lowest BCUT2D eigenvalue weighted by molar-refractivity contribution is 0.301. The van der Waals surface area contributed by atoms with Gasteiger partial charge in [0.25, 0.3) is 0 Å². The van der Waals surface area contributed by atoms with Crippen molar-refractivity contribution in [2.24, 2.45) is 0 Å². The van der Waals surface area contributed by atoms with Gasteiger partial charge < -0.3 is 39.7 Å². The molecule has 0 spiro atoms. The Kier molecular flexibility index (Phi) is 3.55. The average Bonchev–Trinajstić information content (AvgIpc) is 2.56. The number of aryl methyl sites for hydroxylation is 1. The highest BCUT2D eigenvalue weighted by Gasteiger charge is 2.31. The number of benzene rings is 3. The van der Waals surface area contributed by atoms with E-state index in [1.54, 1.807) is 13.0 Å². The number of rotatable bonds is 2. The highest BCUT2D eigenvalue weighted by atomic mass is 16.6. The summed E-state index contributed by atoms with van der Waals surface area (Å²) in [5.41, 5.74) is 0.711. The maximum atomic E-state index is 10.2. The van der Waals surface area contributed by atoms with Crippen molar-refractivity contribution in [3.63, 3.8) is 0 Å². The van der Waals surface area contributed by atoms with Crippen molar-refractivity contribution >= 4 is 0 Å². The summed E-state index contributed by atoms with van der Waals surface area (Å²) in [6, 6.07) is 7.59. The molecule has 0 radical (unpaired) electrons. The molecule has 4 rings (SSSR count). The smallest absolute Gasteiger partial charge is 0.220 e. The molecule has 5 N–H and O–H groups in total. The normalized spacial score (nSPS) is 11.7. The van der Waals surface area contributed by atoms with Gasteiger partial charge in [-0.2, -0.15) is 0 Å². The summed E-state index contributed by atoms with van der Waals surface area (Å²) in [4.78, 5) is 0. The molecule has 3 aromatic carbocycles. The zero-order valence-electron chi connectivity index (χ0n) is 13.9. The Hall–Kier alpha value is -3.94. The standard InChI is InChI=1S/C19H14O8/c1-8-2-12(22)16-15(3-8)26-18-14(24)7-13(23)17(19(18)27-16)25-11-5-9(20)4-10(21)6-11/h2-7,20-24H,1H3.